The van der Waals surface area contributed by atoms with Gasteiger partial charge in [-0.25, -0.2) is 0 Å². The number of ether oxygens (including phenoxy) is 2. The Morgan fingerprint density at radius 3 is 2.16 bits per heavy atom. The lowest BCUT2D eigenvalue weighted by Crippen LogP contribution is -2.56. The SMILES string of the molecule is C[C@H]([C@@H](O[Si](C)(C)C(C)(C)C)[C@@H](C)[C@H](O)[C@H](C)C(=O)N(C)C)[C@@H]1OC(C)(C)OC[C@H]1C. The highest BCUT2D eigenvalue weighted by molar-refractivity contribution is 6.74. The Bertz CT molecular complexity index is 601. The fraction of sp³-hybridized carbons (Fsp3) is 0.958. The molecule has 7 atom stereocenters. The fourth-order valence-corrected chi connectivity index (χ4v) is 5.59. The normalized spacial score (nSPS) is 27.2. The van der Waals surface area contributed by atoms with Crippen LogP contribution in [0.5, 0.6) is 0 Å². The Hall–Kier alpha value is -0.473. The van der Waals surface area contributed by atoms with Crippen LogP contribution in [-0.2, 0) is 18.7 Å². The van der Waals surface area contributed by atoms with Crippen LogP contribution in [0.2, 0.25) is 18.1 Å². The van der Waals surface area contributed by atoms with Gasteiger partial charge in [0.25, 0.3) is 0 Å². The molecule has 31 heavy (non-hydrogen) atoms. The summed E-state index contributed by atoms with van der Waals surface area (Å²) in [6.45, 7) is 23.7. The predicted molar refractivity (Wildman–Crippen MR) is 128 cm³/mol. The second-order valence-electron chi connectivity index (χ2n) is 11.8. The zero-order valence-electron chi connectivity index (χ0n) is 22.3. The molecule has 1 aliphatic rings. The standard InChI is InChI=1S/C24H49NO5Si/c1-15-14-28-24(8,9)29-20(15)18(4)21(30-31(12,13)23(5,6)7)16(2)19(26)17(3)22(27)25(10)11/h15-21,26H,14H2,1-13H3/t15-,16+,17+,18+,19+,20-,21+/m1/s1. The van der Waals surface area contributed by atoms with Crippen molar-refractivity contribution in [2.24, 2.45) is 23.7 Å². The van der Waals surface area contributed by atoms with E-state index in [4.69, 9.17) is 13.9 Å². The molecule has 1 N–H and O–H groups in total. The number of amides is 1. The number of aliphatic hydroxyl groups excluding tert-OH is 1. The van der Waals surface area contributed by atoms with Crippen LogP contribution >= 0.6 is 0 Å². The Kier molecular flexibility index (Phi) is 9.40. The van der Waals surface area contributed by atoms with Gasteiger partial charge in [-0.15, -0.1) is 0 Å². The average Bonchev–Trinajstić information content (AvgIpc) is 2.64. The average molecular weight is 460 g/mol. The molecule has 0 aromatic rings. The number of rotatable bonds is 8. The quantitative estimate of drug-likeness (QED) is 0.541. The van der Waals surface area contributed by atoms with Gasteiger partial charge in [-0.3, -0.25) is 4.79 Å². The molecule has 0 aromatic carbocycles. The van der Waals surface area contributed by atoms with Crippen LogP contribution in [0.15, 0.2) is 0 Å². The van der Waals surface area contributed by atoms with Gasteiger partial charge in [0.05, 0.1) is 30.8 Å². The minimum Gasteiger partial charge on any atom is -0.413 e. The summed E-state index contributed by atoms with van der Waals surface area (Å²) in [6.07, 6.45) is -1.11. The number of carbonyl (C=O) groups is 1. The van der Waals surface area contributed by atoms with Crippen LogP contribution in [0, 0.1) is 23.7 Å². The maximum Gasteiger partial charge on any atom is 0.227 e. The molecular formula is C24H49NO5Si. The van der Waals surface area contributed by atoms with E-state index in [1.807, 2.05) is 20.8 Å². The first-order valence-corrected chi connectivity index (χ1v) is 14.6. The molecule has 184 valence electrons. The lowest BCUT2D eigenvalue weighted by atomic mass is 9.79. The number of aliphatic hydroxyl groups is 1. The number of carbonyl (C=O) groups excluding carboxylic acids is 1. The van der Waals surface area contributed by atoms with Crippen molar-refractivity contribution in [3.8, 4) is 0 Å². The Morgan fingerprint density at radius 1 is 1.19 bits per heavy atom. The zero-order valence-corrected chi connectivity index (χ0v) is 23.3. The first-order valence-electron chi connectivity index (χ1n) is 11.7. The van der Waals surface area contributed by atoms with E-state index in [2.05, 4.69) is 47.7 Å². The van der Waals surface area contributed by atoms with Gasteiger partial charge < -0.3 is 23.9 Å². The Morgan fingerprint density at radius 2 is 1.71 bits per heavy atom. The molecule has 0 spiro atoms. The predicted octanol–water partition coefficient (Wildman–Crippen LogP) is 4.52. The third-order valence-corrected chi connectivity index (χ3v) is 11.8. The summed E-state index contributed by atoms with van der Waals surface area (Å²) in [5, 5.41) is 11.2. The third-order valence-electron chi connectivity index (χ3n) is 7.35. The van der Waals surface area contributed by atoms with Crippen LogP contribution in [0.3, 0.4) is 0 Å². The molecule has 0 aliphatic carbocycles. The lowest BCUT2D eigenvalue weighted by Gasteiger charge is -2.49. The fourth-order valence-electron chi connectivity index (χ4n) is 4.13. The van der Waals surface area contributed by atoms with Crippen LogP contribution in [0.25, 0.3) is 0 Å². The summed E-state index contributed by atoms with van der Waals surface area (Å²) in [7, 11) is 1.31. The van der Waals surface area contributed by atoms with Gasteiger partial charge in [0.15, 0.2) is 14.1 Å². The summed E-state index contributed by atoms with van der Waals surface area (Å²) in [6, 6.07) is 0. The molecular weight excluding hydrogens is 410 g/mol. The molecule has 7 heteroatoms. The van der Waals surface area contributed by atoms with Gasteiger partial charge in [0.2, 0.25) is 5.91 Å². The van der Waals surface area contributed by atoms with Gasteiger partial charge in [-0.2, -0.15) is 0 Å². The van der Waals surface area contributed by atoms with Crippen molar-refractivity contribution in [3.05, 3.63) is 0 Å². The topological polar surface area (TPSA) is 68.2 Å². The Labute approximate surface area is 192 Å². The van der Waals surface area contributed by atoms with Gasteiger partial charge >= 0.3 is 0 Å². The van der Waals surface area contributed by atoms with E-state index in [9.17, 15) is 9.90 Å². The largest absolute Gasteiger partial charge is 0.413 e. The third kappa shape index (κ3) is 7.00. The molecule has 0 bridgehead atoms. The first kappa shape index (κ1) is 28.6. The second kappa shape index (κ2) is 10.2. The van der Waals surface area contributed by atoms with Crippen molar-refractivity contribution in [1.82, 2.24) is 4.90 Å². The van der Waals surface area contributed by atoms with Crippen LogP contribution in [0.4, 0.5) is 0 Å². The molecule has 1 heterocycles. The molecule has 1 amide bonds. The smallest absolute Gasteiger partial charge is 0.227 e. The molecule has 6 nitrogen and oxygen atoms in total. The van der Waals surface area contributed by atoms with Crippen molar-refractivity contribution in [2.45, 2.75) is 105 Å². The van der Waals surface area contributed by atoms with Crippen molar-refractivity contribution in [2.75, 3.05) is 20.7 Å². The van der Waals surface area contributed by atoms with Gasteiger partial charge in [-0.05, 0) is 32.0 Å². The van der Waals surface area contributed by atoms with E-state index in [-0.39, 0.29) is 40.9 Å². The van der Waals surface area contributed by atoms with E-state index in [0.717, 1.165) is 0 Å². The molecule has 0 radical (unpaired) electrons. The summed E-state index contributed by atoms with van der Waals surface area (Å²) in [5.41, 5.74) is 0. The summed E-state index contributed by atoms with van der Waals surface area (Å²) >= 11 is 0. The van der Waals surface area contributed by atoms with E-state index < -0.39 is 26.1 Å². The summed E-state index contributed by atoms with van der Waals surface area (Å²) in [5.74, 6) is -1.23. The second-order valence-corrected chi connectivity index (χ2v) is 16.6. The van der Waals surface area contributed by atoms with Crippen molar-refractivity contribution < 1.29 is 23.8 Å². The highest BCUT2D eigenvalue weighted by atomic mass is 28.4. The summed E-state index contributed by atoms with van der Waals surface area (Å²) in [4.78, 5) is 14.1. The number of nitrogens with zero attached hydrogens (tertiary/aromatic N) is 1. The van der Waals surface area contributed by atoms with E-state index >= 15 is 0 Å². The maximum absolute atomic E-state index is 12.6. The van der Waals surface area contributed by atoms with Crippen LogP contribution < -0.4 is 0 Å². The molecule has 1 aliphatic heterocycles. The van der Waals surface area contributed by atoms with Gasteiger partial charge in [0, 0.05) is 31.8 Å². The Balaban J connectivity index is 3.29. The van der Waals surface area contributed by atoms with Crippen molar-refractivity contribution in [1.29, 1.82) is 0 Å². The van der Waals surface area contributed by atoms with Crippen molar-refractivity contribution in [3.63, 3.8) is 0 Å². The first-order chi connectivity index (χ1) is 13.8. The van der Waals surface area contributed by atoms with Gasteiger partial charge in [-0.1, -0.05) is 48.5 Å². The van der Waals surface area contributed by atoms with E-state index in [1.54, 1.807) is 25.9 Å². The number of hydrogen-bond acceptors (Lipinski definition) is 5. The lowest BCUT2D eigenvalue weighted by molar-refractivity contribution is -0.304. The minimum atomic E-state index is -2.14. The highest BCUT2D eigenvalue weighted by Crippen LogP contribution is 2.42. The molecule has 1 rings (SSSR count). The molecule has 0 aromatic heterocycles. The monoisotopic (exact) mass is 459 g/mol. The van der Waals surface area contributed by atoms with Crippen LogP contribution in [-0.4, -0.2) is 69.0 Å². The van der Waals surface area contributed by atoms with Gasteiger partial charge in [0.1, 0.15) is 0 Å². The minimum absolute atomic E-state index is 0.0265. The molecule has 1 fully saturated rings. The van der Waals surface area contributed by atoms with Crippen molar-refractivity contribution >= 4 is 14.2 Å². The maximum atomic E-state index is 12.6. The van der Waals surface area contributed by atoms with E-state index in [1.165, 1.54) is 0 Å². The number of hydrogen-bond donors (Lipinski definition) is 1. The van der Waals surface area contributed by atoms with Crippen LogP contribution in [0.1, 0.15) is 62.3 Å². The molecule has 0 saturated carbocycles. The van der Waals surface area contributed by atoms with E-state index in [0.29, 0.717) is 6.61 Å². The molecule has 0 unspecified atom stereocenters. The zero-order chi connectivity index (χ0) is 24.5. The highest BCUT2D eigenvalue weighted by Gasteiger charge is 2.47. The molecule has 1 saturated heterocycles. The summed E-state index contributed by atoms with van der Waals surface area (Å²) < 4.78 is 19.1.